The van der Waals surface area contributed by atoms with Crippen LogP contribution in [0.3, 0.4) is 0 Å². The summed E-state index contributed by atoms with van der Waals surface area (Å²) in [5, 5.41) is 18.8. The van der Waals surface area contributed by atoms with Crippen LogP contribution in [0.1, 0.15) is 40.0 Å². The first-order valence-corrected chi connectivity index (χ1v) is 6.95. The van der Waals surface area contributed by atoms with Gasteiger partial charge in [0, 0.05) is 5.75 Å². The van der Waals surface area contributed by atoms with Gasteiger partial charge in [0.05, 0.1) is 12.0 Å². The van der Waals surface area contributed by atoms with E-state index in [1.54, 1.807) is 11.8 Å². The molecular weight excluding hydrogens is 224 g/mol. The van der Waals surface area contributed by atoms with Crippen LogP contribution in [0, 0.1) is 11.3 Å². The Labute approximate surface area is 102 Å². The van der Waals surface area contributed by atoms with Gasteiger partial charge in [-0.05, 0) is 36.9 Å². The maximum Gasteiger partial charge on any atom is 0.303 e. The van der Waals surface area contributed by atoms with Crippen LogP contribution in [0.2, 0.25) is 0 Å². The Bertz CT molecular complexity index is 257. The molecule has 0 bridgehead atoms. The van der Waals surface area contributed by atoms with Gasteiger partial charge in [0.15, 0.2) is 0 Å². The van der Waals surface area contributed by atoms with Crippen molar-refractivity contribution in [1.82, 2.24) is 0 Å². The van der Waals surface area contributed by atoms with Gasteiger partial charge in [-0.3, -0.25) is 4.79 Å². The van der Waals surface area contributed by atoms with E-state index in [2.05, 4.69) is 0 Å². The Morgan fingerprint density at radius 2 is 2.06 bits per heavy atom. The van der Waals surface area contributed by atoms with Crippen molar-refractivity contribution >= 4 is 17.7 Å². The smallest absolute Gasteiger partial charge is 0.303 e. The summed E-state index contributed by atoms with van der Waals surface area (Å²) in [5.74, 6) is 1.08. The van der Waals surface area contributed by atoms with E-state index in [0.29, 0.717) is 5.75 Å². The number of hydrogen-bond donors (Lipinski definition) is 2. The van der Waals surface area contributed by atoms with Crippen molar-refractivity contribution in [3.05, 3.63) is 0 Å². The standard InChI is InChI=1S/C12H22O3S/c1-9(2)11(3,15)7-16-8-12(4-5-12)6-10(13)14/h9,15H,4-8H2,1-3H3,(H,13,14). The molecule has 3 nitrogen and oxygen atoms in total. The second-order valence-electron chi connectivity index (χ2n) is 5.58. The van der Waals surface area contributed by atoms with Gasteiger partial charge in [-0.1, -0.05) is 13.8 Å². The van der Waals surface area contributed by atoms with Gasteiger partial charge < -0.3 is 10.2 Å². The molecule has 1 saturated carbocycles. The van der Waals surface area contributed by atoms with Crippen LogP contribution in [-0.4, -0.2) is 33.3 Å². The molecule has 0 amide bonds. The van der Waals surface area contributed by atoms with Gasteiger partial charge in [0.25, 0.3) is 0 Å². The van der Waals surface area contributed by atoms with E-state index >= 15 is 0 Å². The molecule has 1 fully saturated rings. The van der Waals surface area contributed by atoms with Crippen molar-refractivity contribution in [3.8, 4) is 0 Å². The normalized spacial score (nSPS) is 21.8. The zero-order chi connectivity index (χ0) is 12.4. The summed E-state index contributed by atoms with van der Waals surface area (Å²) < 4.78 is 0. The highest BCUT2D eigenvalue weighted by Crippen LogP contribution is 2.51. The minimum Gasteiger partial charge on any atom is -0.481 e. The molecule has 1 aliphatic carbocycles. The zero-order valence-electron chi connectivity index (χ0n) is 10.3. The molecule has 4 heteroatoms. The fourth-order valence-corrected chi connectivity index (χ4v) is 3.18. The molecule has 16 heavy (non-hydrogen) atoms. The Morgan fingerprint density at radius 1 is 1.50 bits per heavy atom. The molecule has 0 spiro atoms. The molecule has 1 atom stereocenters. The van der Waals surface area contributed by atoms with E-state index in [-0.39, 0.29) is 17.8 Å². The number of aliphatic hydroxyl groups is 1. The minimum atomic E-state index is -0.700. The summed E-state index contributed by atoms with van der Waals surface area (Å²) in [5.41, 5.74) is -0.618. The van der Waals surface area contributed by atoms with E-state index in [1.165, 1.54) is 0 Å². The van der Waals surface area contributed by atoms with E-state index in [9.17, 15) is 9.90 Å². The van der Waals surface area contributed by atoms with E-state index < -0.39 is 11.6 Å². The first-order chi connectivity index (χ1) is 7.27. The SMILES string of the molecule is CC(C)C(C)(O)CSCC1(CC(=O)O)CC1. The number of aliphatic carboxylic acids is 1. The number of carbonyl (C=O) groups is 1. The van der Waals surface area contributed by atoms with Crippen molar-refractivity contribution in [1.29, 1.82) is 0 Å². The molecule has 0 aromatic rings. The molecule has 94 valence electrons. The third kappa shape index (κ3) is 3.98. The quantitative estimate of drug-likeness (QED) is 0.724. The van der Waals surface area contributed by atoms with Crippen molar-refractivity contribution in [2.45, 2.75) is 45.6 Å². The van der Waals surface area contributed by atoms with E-state index in [4.69, 9.17) is 5.11 Å². The topological polar surface area (TPSA) is 57.5 Å². The van der Waals surface area contributed by atoms with Gasteiger partial charge >= 0.3 is 5.97 Å². The van der Waals surface area contributed by atoms with Crippen LogP contribution < -0.4 is 0 Å². The molecule has 1 aliphatic rings. The first-order valence-electron chi connectivity index (χ1n) is 5.79. The largest absolute Gasteiger partial charge is 0.481 e. The van der Waals surface area contributed by atoms with E-state index in [1.807, 2.05) is 20.8 Å². The number of hydrogen-bond acceptors (Lipinski definition) is 3. The van der Waals surface area contributed by atoms with Gasteiger partial charge in [0.2, 0.25) is 0 Å². The van der Waals surface area contributed by atoms with Crippen molar-refractivity contribution in [3.63, 3.8) is 0 Å². The average molecular weight is 246 g/mol. The molecule has 0 heterocycles. The number of thioether (sulfide) groups is 1. The Balaban J connectivity index is 2.28. The molecule has 0 aromatic heterocycles. The van der Waals surface area contributed by atoms with Crippen LogP contribution in [-0.2, 0) is 4.79 Å². The van der Waals surface area contributed by atoms with Gasteiger partial charge in [-0.15, -0.1) is 0 Å². The Hall–Kier alpha value is -0.220. The van der Waals surface area contributed by atoms with Gasteiger partial charge in [-0.2, -0.15) is 11.8 Å². The lowest BCUT2D eigenvalue weighted by Crippen LogP contribution is -2.34. The molecule has 2 N–H and O–H groups in total. The lowest BCUT2D eigenvalue weighted by Gasteiger charge is -2.27. The fourth-order valence-electron chi connectivity index (χ4n) is 1.51. The summed E-state index contributed by atoms with van der Waals surface area (Å²) in [7, 11) is 0. The molecule has 0 aromatic carbocycles. The van der Waals surface area contributed by atoms with Crippen molar-refractivity contribution in [2.75, 3.05) is 11.5 Å². The molecule has 0 saturated heterocycles. The summed E-state index contributed by atoms with van der Waals surface area (Å²) >= 11 is 1.69. The summed E-state index contributed by atoms with van der Waals surface area (Å²) in [4.78, 5) is 10.7. The van der Waals surface area contributed by atoms with Crippen molar-refractivity contribution in [2.24, 2.45) is 11.3 Å². The summed E-state index contributed by atoms with van der Waals surface area (Å²) in [6.07, 6.45) is 2.33. The average Bonchev–Trinajstić information content (AvgIpc) is 2.83. The second-order valence-corrected chi connectivity index (χ2v) is 6.56. The minimum absolute atomic E-state index is 0.0313. The third-order valence-electron chi connectivity index (χ3n) is 3.53. The lowest BCUT2D eigenvalue weighted by atomic mass is 9.95. The Morgan fingerprint density at radius 3 is 2.44 bits per heavy atom. The monoisotopic (exact) mass is 246 g/mol. The maximum absolute atomic E-state index is 10.7. The molecule has 1 rings (SSSR count). The highest BCUT2D eigenvalue weighted by atomic mass is 32.2. The maximum atomic E-state index is 10.7. The molecule has 0 aliphatic heterocycles. The predicted molar refractivity (Wildman–Crippen MR) is 66.7 cm³/mol. The number of carboxylic acid groups (broad SMARTS) is 1. The zero-order valence-corrected chi connectivity index (χ0v) is 11.1. The van der Waals surface area contributed by atoms with E-state index in [0.717, 1.165) is 18.6 Å². The van der Waals surface area contributed by atoms with Crippen LogP contribution in [0.4, 0.5) is 0 Å². The van der Waals surface area contributed by atoms with Crippen LogP contribution in [0.25, 0.3) is 0 Å². The van der Waals surface area contributed by atoms with Crippen LogP contribution >= 0.6 is 11.8 Å². The number of carboxylic acids is 1. The predicted octanol–water partition coefficient (Wildman–Crippen LogP) is 2.38. The van der Waals surface area contributed by atoms with Crippen molar-refractivity contribution < 1.29 is 15.0 Å². The van der Waals surface area contributed by atoms with Crippen LogP contribution in [0.15, 0.2) is 0 Å². The first kappa shape index (κ1) is 13.8. The van der Waals surface area contributed by atoms with Crippen LogP contribution in [0.5, 0.6) is 0 Å². The molecule has 1 unspecified atom stereocenters. The second kappa shape index (κ2) is 4.96. The van der Waals surface area contributed by atoms with Gasteiger partial charge in [-0.25, -0.2) is 0 Å². The summed E-state index contributed by atoms with van der Waals surface area (Å²) in [6.45, 7) is 5.86. The highest BCUT2D eigenvalue weighted by Gasteiger charge is 2.44. The summed E-state index contributed by atoms with van der Waals surface area (Å²) in [6, 6.07) is 0. The van der Waals surface area contributed by atoms with Gasteiger partial charge in [0.1, 0.15) is 0 Å². The fraction of sp³-hybridized carbons (Fsp3) is 0.917. The Kier molecular flexibility index (Phi) is 4.29. The molecule has 0 radical (unpaired) electrons. The number of rotatable bonds is 7. The molecular formula is C12H22O3S. The highest BCUT2D eigenvalue weighted by molar-refractivity contribution is 7.99. The lowest BCUT2D eigenvalue weighted by molar-refractivity contribution is -0.138. The third-order valence-corrected chi connectivity index (χ3v) is 5.13.